The van der Waals surface area contributed by atoms with Crippen molar-refractivity contribution in [1.29, 1.82) is 0 Å². The number of primary amides is 1. The van der Waals surface area contributed by atoms with Crippen LogP contribution in [0.2, 0.25) is 0 Å². The summed E-state index contributed by atoms with van der Waals surface area (Å²) in [7, 11) is -3.67. The molecule has 3 aromatic rings. The molecule has 0 bridgehead atoms. The van der Waals surface area contributed by atoms with Crippen LogP contribution in [0.4, 0.5) is 0 Å². The molecule has 0 aromatic carbocycles. The van der Waals surface area contributed by atoms with E-state index in [1.165, 1.54) is 27.9 Å². The molecule has 0 aliphatic carbocycles. The number of ketones is 1. The lowest BCUT2D eigenvalue weighted by atomic mass is 9.88. The van der Waals surface area contributed by atoms with E-state index in [1.807, 2.05) is 45.2 Å². The first-order valence-electron chi connectivity index (χ1n) is 12.3. The minimum atomic E-state index is -3.67. The van der Waals surface area contributed by atoms with Gasteiger partial charge in [0, 0.05) is 28.1 Å². The Morgan fingerprint density at radius 1 is 1.24 bits per heavy atom. The number of carbonyl (C=O) groups excluding carboxylic acids is 3. The van der Waals surface area contributed by atoms with E-state index in [4.69, 9.17) is 5.73 Å². The fourth-order valence-electron chi connectivity index (χ4n) is 4.03. The summed E-state index contributed by atoms with van der Waals surface area (Å²) in [4.78, 5) is 39.8. The zero-order valence-corrected chi connectivity index (χ0v) is 24.4. The molecule has 0 radical (unpaired) electrons. The summed E-state index contributed by atoms with van der Waals surface area (Å²) in [6, 6.07) is 7.79. The largest absolute Gasteiger partial charge is 0.368 e. The third kappa shape index (κ3) is 7.92. The Kier molecular flexibility index (Phi) is 9.80. The van der Waals surface area contributed by atoms with E-state index in [2.05, 4.69) is 10.3 Å². The van der Waals surface area contributed by atoms with Crippen LogP contribution < -0.4 is 11.1 Å². The Morgan fingerprint density at radius 3 is 2.58 bits per heavy atom. The van der Waals surface area contributed by atoms with Crippen LogP contribution in [0, 0.1) is 5.41 Å². The average molecular weight is 579 g/mol. The highest BCUT2D eigenvalue weighted by molar-refractivity contribution is 7.89. The van der Waals surface area contributed by atoms with Crippen molar-refractivity contribution in [3.8, 4) is 0 Å². The number of hydrogen-bond donors (Lipinski definition) is 2. The lowest BCUT2D eigenvalue weighted by molar-refractivity contribution is -0.120. The molecule has 3 aromatic heterocycles. The molecule has 4 heterocycles. The number of hydrogen-bond acceptors (Lipinski definition) is 8. The maximum absolute atomic E-state index is 12.4. The number of carbonyl (C=O) groups is 3. The van der Waals surface area contributed by atoms with Gasteiger partial charge in [-0.2, -0.15) is 4.31 Å². The van der Waals surface area contributed by atoms with Crippen LogP contribution in [-0.2, 0) is 19.6 Å². The first kappa shape index (κ1) is 29.9. The number of nitrogens with one attached hydrogen (secondary N) is 1. The summed E-state index contributed by atoms with van der Waals surface area (Å²) in [6.07, 6.45) is 3.87. The van der Waals surface area contributed by atoms with Crippen molar-refractivity contribution >= 4 is 59.7 Å². The van der Waals surface area contributed by atoms with Crippen LogP contribution in [0.25, 0.3) is 9.40 Å². The average Bonchev–Trinajstić information content (AvgIpc) is 3.40. The summed E-state index contributed by atoms with van der Waals surface area (Å²) >= 11 is 3.03. The van der Waals surface area contributed by atoms with Gasteiger partial charge in [-0.3, -0.25) is 14.4 Å². The number of nitrogens with two attached hydrogens (primary N) is 1. The number of nitrogens with zero attached hydrogens (tertiary/aromatic N) is 2. The van der Waals surface area contributed by atoms with Crippen molar-refractivity contribution in [2.24, 2.45) is 11.1 Å². The smallest absolute Gasteiger partial charge is 0.262 e. The molecule has 3 N–H and O–H groups in total. The molecule has 12 heteroatoms. The first-order chi connectivity index (χ1) is 17.8. The Labute approximate surface area is 231 Å². The summed E-state index contributed by atoms with van der Waals surface area (Å²) in [6.45, 7) is 7.82. The molecule has 1 saturated heterocycles. The Balaban J connectivity index is 0.000000212. The summed E-state index contributed by atoms with van der Waals surface area (Å²) < 4.78 is 28.3. The molecule has 0 saturated carbocycles. The molecule has 1 aliphatic heterocycles. The second-order valence-corrected chi connectivity index (χ2v) is 14.3. The van der Waals surface area contributed by atoms with Gasteiger partial charge >= 0.3 is 0 Å². The number of fused-ring (bicyclic) bond motifs is 1. The van der Waals surface area contributed by atoms with Gasteiger partial charge in [0.2, 0.25) is 5.91 Å². The highest BCUT2D eigenvalue weighted by Gasteiger charge is 2.33. The fraction of sp³-hybridized carbons (Fsp3) is 0.462. The van der Waals surface area contributed by atoms with Gasteiger partial charge < -0.3 is 11.1 Å². The molecular formula is C26H34N4O5S3. The lowest BCUT2D eigenvalue weighted by Crippen LogP contribution is -2.46. The van der Waals surface area contributed by atoms with E-state index in [1.54, 1.807) is 23.5 Å². The van der Waals surface area contributed by atoms with Crippen molar-refractivity contribution in [3.05, 3.63) is 46.8 Å². The van der Waals surface area contributed by atoms with Crippen molar-refractivity contribution in [2.45, 2.75) is 70.5 Å². The number of pyridine rings is 1. The zero-order valence-electron chi connectivity index (χ0n) is 22.0. The molecule has 38 heavy (non-hydrogen) atoms. The maximum Gasteiger partial charge on any atom is 0.262 e. The highest BCUT2D eigenvalue weighted by Crippen LogP contribution is 2.30. The predicted octanol–water partition coefficient (Wildman–Crippen LogP) is 4.20. The topological polar surface area (TPSA) is 140 Å². The third-order valence-electron chi connectivity index (χ3n) is 5.94. The number of Topliss-reactive ketones (excluding diaryl/α,β-unsaturated/α-hetero) is 1. The van der Waals surface area contributed by atoms with Crippen LogP contribution in [0.1, 0.15) is 63.0 Å². The van der Waals surface area contributed by atoms with Crippen LogP contribution in [0.15, 0.2) is 46.9 Å². The molecule has 0 unspecified atom stereocenters. The number of thiophene rings is 2. The summed E-state index contributed by atoms with van der Waals surface area (Å²) in [5.74, 6) is -0.753. The van der Waals surface area contributed by atoms with Gasteiger partial charge in [0.1, 0.15) is 11.8 Å². The van der Waals surface area contributed by atoms with E-state index < -0.39 is 22.0 Å². The molecule has 1 fully saturated rings. The second-order valence-electron chi connectivity index (χ2n) is 10.5. The SMILES string of the molecule is CC(C)(C)C[C@H](NC(=O)c1cc2sccc2s1)C(N)=O.C[C@@H]1CCCC(=O)CN1S(=O)(=O)c1ccccn1. The molecule has 4 rings (SSSR count). The van der Waals surface area contributed by atoms with E-state index in [9.17, 15) is 22.8 Å². The number of aromatic nitrogens is 1. The van der Waals surface area contributed by atoms with Gasteiger partial charge in [-0.25, -0.2) is 13.4 Å². The highest BCUT2D eigenvalue weighted by atomic mass is 32.2. The van der Waals surface area contributed by atoms with Crippen molar-refractivity contribution in [3.63, 3.8) is 0 Å². The van der Waals surface area contributed by atoms with E-state index >= 15 is 0 Å². The molecule has 9 nitrogen and oxygen atoms in total. The monoisotopic (exact) mass is 578 g/mol. The molecule has 1 aliphatic rings. The van der Waals surface area contributed by atoms with E-state index in [0.29, 0.717) is 24.1 Å². The normalized spacial score (nSPS) is 17.8. The fourth-order valence-corrected chi connectivity index (χ4v) is 7.62. The first-order valence-corrected chi connectivity index (χ1v) is 15.4. The zero-order chi connectivity index (χ0) is 28.1. The minimum absolute atomic E-state index is 0.00606. The standard InChI is InChI=1S/C14H18N2O2S2.C12H16N2O3S/c1-14(2,3)7-8(12(15)17)16-13(18)11-6-10-9(20-11)4-5-19-10;1-10-5-4-6-11(15)9-14(10)18(16,17)12-7-2-3-8-13-12/h4-6,8H,7H2,1-3H3,(H2,15,17)(H,16,18);2-3,7-8,10H,4-6,9H2,1H3/t8-;10-/m01/s1. The van der Waals surface area contributed by atoms with Crippen LogP contribution in [0.5, 0.6) is 0 Å². The van der Waals surface area contributed by atoms with Crippen molar-refractivity contribution < 1.29 is 22.8 Å². The molecule has 206 valence electrons. The summed E-state index contributed by atoms with van der Waals surface area (Å²) in [5, 5.41) is 4.74. The number of amides is 2. The summed E-state index contributed by atoms with van der Waals surface area (Å²) in [5.41, 5.74) is 5.30. The molecule has 2 amide bonds. The van der Waals surface area contributed by atoms with Crippen molar-refractivity contribution in [1.82, 2.24) is 14.6 Å². The molecule has 0 spiro atoms. The Bertz CT molecular complexity index is 1350. The number of sulfonamides is 1. The molecule has 2 atom stereocenters. The van der Waals surface area contributed by atoms with Crippen LogP contribution in [-0.4, -0.2) is 53.9 Å². The van der Waals surface area contributed by atoms with Crippen molar-refractivity contribution in [2.75, 3.05) is 6.54 Å². The Morgan fingerprint density at radius 2 is 1.97 bits per heavy atom. The quantitative estimate of drug-likeness (QED) is 0.449. The van der Waals surface area contributed by atoms with Gasteiger partial charge in [-0.15, -0.1) is 22.7 Å². The lowest BCUT2D eigenvalue weighted by Gasteiger charge is -2.24. The van der Waals surface area contributed by atoms with E-state index in [0.717, 1.165) is 15.8 Å². The van der Waals surface area contributed by atoms with Gasteiger partial charge in [0.25, 0.3) is 15.9 Å². The minimum Gasteiger partial charge on any atom is -0.368 e. The van der Waals surface area contributed by atoms with Crippen LogP contribution >= 0.6 is 22.7 Å². The van der Waals surface area contributed by atoms with E-state index in [-0.39, 0.29) is 34.7 Å². The number of rotatable bonds is 6. The molecular weight excluding hydrogens is 545 g/mol. The van der Waals surface area contributed by atoms with Gasteiger partial charge in [0.15, 0.2) is 5.03 Å². The maximum atomic E-state index is 12.4. The Hall–Kier alpha value is -2.67. The third-order valence-corrected chi connectivity index (χ3v) is 9.91. The van der Waals surface area contributed by atoms with Crippen LogP contribution in [0.3, 0.4) is 0 Å². The van der Waals surface area contributed by atoms with Gasteiger partial charge in [0.05, 0.1) is 11.4 Å². The second kappa shape index (κ2) is 12.5. The predicted molar refractivity (Wildman–Crippen MR) is 151 cm³/mol. The van der Waals surface area contributed by atoms with Gasteiger partial charge in [-0.1, -0.05) is 26.8 Å². The van der Waals surface area contributed by atoms with Gasteiger partial charge in [-0.05, 0) is 61.2 Å².